The van der Waals surface area contributed by atoms with E-state index in [1.807, 2.05) is 36.4 Å². The third-order valence-corrected chi connectivity index (χ3v) is 4.04. The molecule has 0 bridgehead atoms. The fourth-order valence-corrected chi connectivity index (χ4v) is 3.21. The van der Waals surface area contributed by atoms with Crippen LogP contribution in [0.2, 0.25) is 0 Å². The van der Waals surface area contributed by atoms with Gasteiger partial charge in [0.05, 0.1) is 6.42 Å². The zero-order valence-electron chi connectivity index (χ0n) is 11.2. The standard InChI is InChI=1S/C17H14F2O2/c18-17(19)14(9-15(20)21)16-12-7-3-1-5-10(12)11-6-2-4-8-13(11)16/h1-8,14,16-17H,9H2,(H,20,21). The van der Waals surface area contributed by atoms with Crippen LogP contribution in [-0.2, 0) is 4.79 Å². The van der Waals surface area contributed by atoms with Crippen molar-refractivity contribution in [1.82, 2.24) is 0 Å². The molecule has 0 saturated heterocycles. The molecule has 1 N–H and O–H groups in total. The van der Waals surface area contributed by atoms with Gasteiger partial charge in [0.2, 0.25) is 6.43 Å². The molecule has 0 aromatic heterocycles. The summed E-state index contributed by atoms with van der Waals surface area (Å²) in [6.45, 7) is 0. The lowest BCUT2D eigenvalue weighted by Crippen LogP contribution is -2.23. The van der Waals surface area contributed by atoms with Crippen molar-refractivity contribution in [3.05, 3.63) is 59.7 Å². The normalized spacial score (nSPS) is 14.8. The Balaban J connectivity index is 2.15. The Kier molecular flexibility index (Phi) is 3.45. The summed E-state index contributed by atoms with van der Waals surface area (Å²) < 4.78 is 26.9. The number of aliphatic carboxylic acids is 1. The van der Waals surface area contributed by atoms with Gasteiger partial charge in [-0.05, 0) is 22.3 Å². The fraction of sp³-hybridized carbons (Fsp3) is 0.235. The Morgan fingerprint density at radius 1 is 1.00 bits per heavy atom. The second kappa shape index (κ2) is 5.28. The van der Waals surface area contributed by atoms with Gasteiger partial charge < -0.3 is 5.11 Å². The SMILES string of the molecule is O=C(O)CC(C(F)F)C1c2ccccc2-c2ccccc21. The fourth-order valence-electron chi connectivity index (χ4n) is 3.21. The molecule has 0 spiro atoms. The zero-order valence-corrected chi connectivity index (χ0v) is 11.2. The minimum absolute atomic E-state index is 0.537. The van der Waals surface area contributed by atoms with Crippen molar-refractivity contribution in [1.29, 1.82) is 0 Å². The molecule has 1 atom stereocenters. The van der Waals surface area contributed by atoms with Gasteiger partial charge in [-0.2, -0.15) is 0 Å². The molecule has 1 aliphatic carbocycles. The van der Waals surface area contributed by atoms with Crippen LogP contribution in [0.4, 0.5) is 8.78 Å². The Hall–Kier alpha value is -2.23. The number of carbonyl (C=O) groups is 1. The van der Waals surface area contributed by atoms with Crippen LogP contribution in [-0.4, -0.2) is 17.5 Å². The van der Waals surface area contributed by atoms with Crippen molar-refractivity contribution in [2.24, 2.45) is 5.92 Å². The van der Waals surface area contributed by atoms with Crippen LogP contribution >= 0.6 is 0 Å². The Morgan fingerprint density at radius 3 is 1.90 bits per heavy atom. The van der Waals surface area contributed by atoms with Crippen molar-refractivity contribution in [3.8, 4) is 11.1 Å². The molecular weight excluding hydrogens is 274 g/mol. The Morgan fingerprint density at radius 2 is 1.48 bits per heavy atom. The molecule has 0 fully saturated rings. The average molecular weight is 288 g/mol. The van der Waals surface area contributed by atoms with Crippen molar-refractivity contribution in [2.75, 3.05) is 0 Å². The predicted molar refractivity (Wildman–Crippen MR) is 75.5 cm³/mol. The molecule has 0 saturated carbocycles. The summed E-state index contributed by atoms with van der Waals surface area (Å²) in [5.74, 6) is -2.97. The number of alkyl halides is 2. The number of carboxylic acids is 1. The van der Waals surface area contributed by atoms with E-state index >= 15 is 0 Å². The van der Waals surface area contributed by atoms with Crippen LogP contribution in [0, 0.1) is 5.92 Å². The molecule has 108 valence electrons. The van der Waals surface area contributed by atoms with Crippen LogP contribution in [0.5, 0.6) is 0 Å². The lowest BCUT2D eigenvalue weighted by molar-refractivity contribution is -0.139. The van der Waals surface area contributed by atoms with Crippen molar-refractivity contribution >= 4 is 5.97 Å². The monoisotopic (exact) mass is 288 g/mol. The third kappa shape index (κ3) is 2.31. The van der Waals surface area contributed by atoms with Crippen LogP contribution in [0.3, 0.4) is 0 Å². The van der Waals surface area contributed by atoms with Crippen molar-refractivity contribution < 1.29 is 18.7 Å². The highest BCUT2D eigenvalue weighted by Crippen LogP contribution is 2.50. The molecule has 2 nitrogen and oxygen atoms in total. The lowest BCUT2D eigenvalue weighted by atomic mass is 9.82. The quantitative estimate of drug-likeness (QED) is 0.917. The molecule has 0 amide bonds. The number of rotatable bonds is 4. The van der Waals surface area contributed by atoms with Crippen molar-refractivity contribution in [3.63, 3.8) is 0 Å². The Bertz CT molecular complexity index is 636. The first-order chi connectivity index (χ1) is 10.1. The summed E-state index contributed by atoms with van der Waals surface area (Å²) in [7, 11) is 0. The van der Waals surface area contributed by atoms with E-state index in [-0.39, 0.29) is 0 Å². The maximum Gasteiger partial charge on any atom is 0.303 e. The van der Waals surface area contributed by atoms with Gasteiger partial charge in [0, 0.05) is 11.8 Å². The van der Waals surface area contributed by atoms with Gasteiger partial charge >= 0.3 is 5.97 Å². The van der Waals surface area contributed by atoms with E-state index in [1.54, 1.807) is 12.1 Å². The number of hydrogen-bond acceptors (Lipinski definition) is 1. The van der Waals surface area contributed by atoms with Gasteiger partial charge in [0.1, 0.15) is 0 Å². The van der Waals surface area contributed by atoms with Gasteiger partial charge in [0.25, 0.3) is 0 Å². The summed E-state index contributed by atoms with van der Waals surface area (Å²) in [5, 5.41) is 8.96. The molecule has 0 heterocycles. The van der Waals surface area contributed by atoms with Gasteiger partial charge in [-0.25, -0.2) is 8.78 Å². The van der Waals surface area contributed by atoms with Crippen molar-refractivity contribution in [2.45, 2.75) is 18.8 Å². The van der Waals surface area contributed by atoms with Crippen LogP contribution in [0.15, 0.2) is 48.5 Å². The summed E-state index contributed by atoms with van der Waals surface area (Å²) >= 11 is 0. The number of fused-ring (bicyclic) bond motifs is 3. The second-order valence-electron chi connectivity index (χ2n) is 5.25. The number of hydrogen-bond donors (Lipinski definition) is 1. The molecule has 2 aromatic carbocycles. The highest BCUT2D eigenvalue weighted by Gasteiger charge is 2.39. The van der Waals surface area contributed by atoms with E-state index in [1.165, 1.54) is 0 Å². The predicted octanol–water partition coefficient (Wildman–Crippen LogP) is 4.15. The topological polar surface area (TPSA) is 37.3 Å². The first kappa shape index (κ1) is 13.7. The largest absolute Gasteiger partial charge is 0.481 e. The molecule has 4 heteroatoms. The molecule has 1 unspecified atom stereocenters. The minimum Gasteiger partial charge on any atom is -0.481 e. The van der Waals surface area contributed by atoms with Crippen LogP contribution < -0.4 is 0 Å². The number of carboxylic acid groups (broad SMARTS) is 1. The van der Waals surface area contributed by atoms with E-state index in [4.69, 9.17) is 5.11 Å². The number of halogens is 2. The minimum atomic E-state index is -2.68. The van der Waals surface area contributed by atoms with Gasteiger partial charge in [-0.3, -0.25) is 4.79 Å². The molecule has 1 aliphatic rings. The van der Waals surface area contributed by atoms with E-state index in [0.717, 1.165) is 22.3 Å². The zero-order chi connectivity index (χ0) is 15.0. The summed E-state index contributed by atoms with van der Waals surface area (Å²) in [5.41, 5.74) is 3.44. The number of benzene rings is 2. The van der Waals surface area contributed by atoms with E-state index in [2.05, 4.69) is 0 Å². The smallest absolute Gasteiger partial charge is 0.303 e. The second-order valence-corrected chi connectivity index (χ2v) is 5.25. The maximum absolute atomic E-state index is 13.4. The van der Waals surface area contributed by atoms with Gasteiger partial charge in [-0.15, -0.1) is 0 Å². The average Bonchev–Trinajstić information content (AvgIpc) is 2.79. The molecule has 2 aromatic rings. The molecule has 0 radical (unpaired) electrons. The molecule has 0 aliphatic heterocycles. The summed E-state index contributed by atoms with van der Waals surface area (Å²) in [4.78, 5) is 11.0. The molecule has 3 rings (SSSR count). The highest BCUT2D eigenvalue weighted by molar-refractivity contribution is 5.79. The van der Waals surface area contributed by atoms with E-state index in [9.17, 15) is 13.6 Å². The van der Waals surface area contributed by atoms with Crippen LogP contribution in [0.25, 0.3) is 11.1 Å². The van der Waals surface area contributed by atoms with Gasteiger partial charge in [-0.1, -0.05) is 48.5 Å². The molecule has 21 heavy (non-hydrogen) atoms. The Labute approximate surface area is 121 Å². The van der Waals surface area contributed by atoms with Gasteiger partial charge in [0.15, 0.2) is 0 Å². The van der Waals surface area contributed by atoms with Crippen LogP contribution in [0.1, 0.15) is 23.5 Å². The first-order valence-corrected chi connectivity index (χ1v) is 6.77. The summed E-state index contributed by atoms with van der Waals surface area (Å²) in [6, 6.07) is 14.8. The van der Waals surface area contributed by atoms with E-state index in [0.29, 0.717) is 0 Å². The maximum atomic E-state index is 13.4. The van der Waals surface area contributed by atoms with E-state index < -0.39 is 30.7 Å². The summed E-state index contributed by atoms with van der Waals surface area (Å²) in [6.07, 6.45) is -3.21. The third-order valence-electron chi connectivity index (χ3n) is 4.04. The lowest BCUT2D eigenvalue weighted by Gasteiger charge is -2.23. The highest BCUT2D eigenvalue weighted by atomic mass is 19.3. The first-order valence-electron chi connectivity index (χ1n) is 6.77. The molecular formula is C17H14F2O2.